The molecule has 1 aliphatic rings. The maximum atomic E-state index is 9.37. The molecule has 4 atom stereocenters. The number of aliphatic hydroxyl groups is 2. The molecule has 0 amide bonds. The first kappa shape index (κ1) is 8.93. The van der Waals surface area contributed by atoms with Crippen molar-refractivity contribution in [2.24, 2.45) is 23.3 Å². The van der Waals surface area contributed by atoms with Crippen molar-refractivity contribution in [1.82, 2.24) is 0 Å². The van der Waals surface area contributed by atoms with Crippen molar-refractivity contribution in [3.05, 3.63) is 0 Å². The first-order valence-corrected chi connectivity index (χ1v) is 3.97. The average molecular weight is 160 g/mol. The number of nitrogens with two attached hydrogens (primary N) is 2. The second kappa shape index (κ2) is 3.49. The summed E-state index contributed by atoms with van der Waals surface area (Å²) in [6.07, 6.45) is -0.518. The van der Waals surface area contributed by atoms with Gasteiger partial charge < -0.3 is 21.7 Å². The molecule has 0 radical (unpaired) electrons. The lowest BCUT2D eigenvalue weighted by molar-refractivity contribution is 0.121. The molecule has 0 spiro atoms. The highest BCUT2D eigenvalue weighted by atomic mass is 16.3. The molecule has 0 unspecified atom stereocenters. The van der Waals surface area contributed by atoms with E-state index in [1.54, 1.807) is 0 Å². The van der Waals surface area contributed by atoms with Gasteiger partial charge in [-0.15, -0.1) is 0 Å². The molecule has 11 heavy (non-hydrogen) atoms. The molecular formula is C7H16N2O2. The second-order valence-corrected chi connectivity index (χ2v) is 3.17. The van der Waals surface area contributed by atoms with Crippen LogP contribution < -0.4 is 11.5 Å². The fraction of sp³-hybridized carbons (Fsp3) is 1.00. The summed E-state index contributed by atoms with van der Waals surface area (Å²) in [5, 5.41) is 18.7. The molecule has 4 heteroatoms. The zero-order valence-corrected chi connectivity index (χ0v) is 6.48. The minimum Gasteiger partial charge on any atom is -0.393 e. The van der Waals surface area contributed by atoms with Crippen LogP contribution >= 0.6 is 0 Å². The largest absolute Gasteiger partial charge is 0.393 e. The standard InChI is InChI=1S/C7H16N2O2/c8-2-4-5(3-9)7(11)1-6(4)10/h4-7,10-11H,1-3,8-9H2/t4-,5-,6+,7+/m0/s1. The van der Waals surface area contributed by atoms with Gasteiger partial charge in [0, 0.05) is 11.8 Å². The molecule has 1 saturated carbocycles. The number of aliphatic hydroxyl groups excluding tert-OH is 2. The zero-order chi connectivity index (χ0) is 8.43. The summed E-state index contributed by atoms with van der Waals surface area (Å²) < 4.78 is 0. The number of hydrogen-bond donors (Lipinski definition) is 4. The van der Waals surface area contributed by atoms with Crippen molar-refractivity contribution in [3.8, 4) is 0 Å². The Balaban J connectivity index is 2.59. The molecule has 1 aliphatic carbocycles. The van der Waals surface area contributed by atoms with Crippen molar-refractivity contribution >= 4 is 0 Å². The topological polar surface area (TPSA) is 92.5 Å². The summed E-state index contributed by atoms with van der Waals surface area (Å²) in [4.78, 5) is 0. The van der Waals surface area contributed by atoms with Crippen LogP contribution in [0.3, 0.4) is 0 Å². The van der Waals surface area contributed by atoms with Crippen molar-refractivity contribution in [2.45, 2.75) is 18.6 Å². The molecule has 0 aromatic heterocycles. The predicted molar refractivity (Wildman–Crippen MR) is 41.7 cm³/mol. The van der Waals surface area contributed by atoms with Gasteiger partial charge in [-0.25, -0.2) is 0 Å². The minimum absolute atomic E-state index is 0.0185. The Morgan fingerprint density at radius 2 is 1.36 bits per heavy atom. The molecule has 0 bridgehead atoms. The van der Waals surface area contributed by atoms with E-state index in [2.05, 4.69) is 0 Å². The molecular weight excluding hydrogens is 144 g/mol. The Hall–Kier alpha value is -0.160. The Morgan fingerprint density at radius 1 is 1.00 bits per heavy atom. The fourth-order valence-corrected chi connectivity index (χ4v) is 1.83. The third-order valence-electron chi connectivity index (χ3n) is 2.57. The number of rotatable bonds is 2. The first-order valence-electron chi connectivity index (χ1n) is 3.97. The van der Waals surface area contributed by atoms with Crippen LogP contribution in [-0.4, -0.2) is 35.5 Å². The molecule has 0 aromatic rings. The molecule has 0 saturated heterocycles. The van der Waals surface area contributed by atoms with Crippen molar-refractivity contribution in [1.29, 1.82) is 0 Å². The van der Waals surface area contributed by atoms with E-state index in [0.717, 1.165) is 0 Å². The third-order valence-corrected chi connectivity index (χ3v) is 2.57. The lowest BCUT2D eigenvalue weighted by atomic mass is 9.94. The van der Waals surface area contributed by atoms with Crippen LogP contribution in [0.2, 0.25) is 0 Å². The fourth-order valence-electron chi connectivity index (χ4n) is 1.83. The smallest absolute Gasteiger partial charge is 0.0609 e. The summed E-state index contributed by atoms with van der Waals surface area (Å²) >= 11 is 0. The van der Waals surface area contributed by atoms with E-state index < -0.39 is 12.2 Å². The molecule has 4 nitrogen and oxygen atoms in total. The van der Waals surface area contributed by atoms with Gasteiger partial charge in [-0.1, -0.05) is 0 Å². The van der Waals surface area contributed by atoms with E-state index in [1.807, 2.05) is 0 Å². The van der Waals surface area contributed by atoms with Gasteiger partial charge in [0.25, 0.3) is 0 Å². The molecule has 1 rings (SSSR count). The highest BCUT2D eigenvalue weighted by Gasteiger charge is 2.39. The summed E-state index contributed by atoms with van der Waals surface area (Å²) in [6.45, 7) is 0.806. The molecule has 0 aliphatic heterocycles. The van der Waals surface area contributed by atoms with Gasteiger partial charge in [0.2, 0.25) is 0 Å². The van der Waals surface area contributed by atoms with Gasteiger partial charge in [-0.05, 0) is 19.5 Å². The Bertz CT molecular complexity index is 118. The van der Waals surface area contributed by atoms with Crippen molar-refractivity contribution in [3.63, 3.8) is 0 Å². The van der Waals surface area contributed by atoms with Crippen LogP contribution in [-0.2, 0) is 0 Å². The van der Waals surface area contributed by atoms with E-state index in [1.165, 1.54) is 0 Å². The maximum Gasteiger partial charge on any atom is 0.0609 e. The molecule has 1 fully saturated rings. The first-order chi connectivity index (χ1) is 5.20. The molecule has 0 aromatic carbocycles. The van der Waals surface area contributed by atoms with Gasteiger partial charge in [-0.3, -0.25) is 0 Å². The van der Waals surface area contributed by atoms with Crippen molar-refractivity contribution < 1.29 is 10.2 Å². The lowest BCUT2D eigenvalue weighted by Crippen LogP contribution is -2.34. The maximum absolute atomic E-state index is 9.37. The Kier molecular flexibility index (Phi) is 2.84. The quantitative estimate of drug-likeness (QED) is 0.386. The average Bonchev–Trinajstić information content (AvgIpc) is 2.24. The van der Waals surface area contributed by atoms with Crippen LogP contribution in [0.1, 0.15) is 6.42 Å². The molecule has 66 valence electrons. The molecule has 0 heterocycles. The van der Waals surface area contributed by atoms with Gasteiger partial charge in [-0.2, -0.15) is 0 Å². The summed E-state index contributed by atoms with van der Waals surface area (Å²) in [5.74, 6) is -0.0370. The van der Waals surface area contributed by atoms with Gasteiger partial charge >= 0.3 is 0 Å². The van der Waals surface area contributed by atoms with Gasteiger partial charge in [0.1, 0.15) is 0 Å². The Morgan fingerprint density at radius 3 is 1.64 bits per heavy atom. The summed E-state index contributed by atoms with van der Waals surface area (Å²) in [7, 11) is 0. The number of hydrogen-bond acceptors (Lipinski definition) is 4. The summed E-state index contributed by atoms with van der Waals surface area (Å²) in [6, 6.07) is 0. The SMILES string of the molecule is NC[C@H]1[C@H](CN)[C@H](O)C[C@H]1O. The Labute approximate surface area is 66.2 Å². The normalized spacial score (nSPS) is 44.7. The monoisotopic (exact) mass is 160 g/mol. The van der Waals surface area contributed by atoms with Crippen LogP contribution in [0, 0.1) is 11.8 Å². The second-order valence-electron chi connectivity index (χ2n) is 3.17. The van der Waals surface area contributed by atoms with E-state index in [9.17, 15) is 10.2 Å². The highest BCUT2D eigenvalue weighted by molar-refractivity contribution is 4.91. The van der Waals surface area contributed by atoms with Gasteiger partial charge in [0.15, 0.2) is 0 Å². The van der Waals surface area contributed by atoms with E-state index in [4.69, 9.17) is 11.5 Å². The van der Waals surface area contributed by atoms with E-state index >= 15 is 0 Å². The highest BCUT2D eigenvalue weighted by Crippen LogP contribution is 2.30. The van der Waals surface area contributed by atoms with E-state index in [0.29, 0.717) is 19.5 Å². The summed E-state index contributed by atoms with van der Waals surface area (Å²) in [5.41, 5.74) is 10.9. The van der Waals surface area contributed by atoms with Crippen LogP contribution in [0.25, 0.3) is 0 Å². The van der Waals surface area contributed by atoms with Crippen LogP contribution in [0.5, 0.6) is 0 Å². The predicted octanol–water partition coefficient (Wildman–Crippen LogP) is -1.74. The van der Waals surface area contributed by atoms with Crippen LogP contribution in [0.4, 0.5) is 0 Å². The van der Waals surface area contributed by atoms with Crippen molar-refractivity contribution in [2.75, 3.05) is 13.1 Å². The third kappa shape index (κ3) is 1.54. The zero-order valence-electron chi connectivity index (χ0n) is 6.48. The van der Waals surface area contributed by atoms with E-state index in [-0.39, 0.29) is 11.8 Å². The molecule has 6 N–H and O–H groups in total. The van der Waals surface area contributed by atoms with Crippen LogP contribution in [0.15, 0.2) is 0 Å². The lowest BCUT2D eigenvalue weighted by Gasteiger charge is -2.19. The van der Waals surface area contributed by atoms with Gasteiger partial charge in [0.05, 0.1) is 12.2 Å². The minimum atomic E-state index is -0.469.